The number of nitrogens with two attached hydrogens (primary N) is 1. The Labute approximate surface area is 144 Å². The Morgan fingerprint density at radius 2 is 1.70 bits per heavy atom. The van der Waals surface area contributed by atoms with Crippen LogP contribution in [0.1, 0.15) is 5.56 Å². The lowest BCUT2D eigenvalue weighted by molar-refractivity contribution is 0.299. The minimum absolute atomic E-state index is 0.163. The van der Waals surface area contributed by atoms with Crippen LogP contribution in [-0.4, -0.2) is 23.0 Å². The summed E-state index contributed by atoms with van der Waals surface area (Å²) in [6.07, 6.45) is 2.74. The second-order valence-corrected chi connectivity index (χ2v) is 7.04. The first-order valence-corrected chi connectivity index (χ1v) is 9.36. The van der Waals surface area contributed by atoms with E-state index in [9.17, 15) is 0 Å². The predicted molar refractivity (Wildman–Crippen MR) is 100.0 cm³/mol. The summed E-state index contributed by atoms with van der Waals surface area (Å²) in [4.78, 5) is 6.84. The van der Waals surface area contributed by atoms with Crippen molar-refractivity contribution in [1.82, 2.24) is 4.98 Å². The number of thioether (sulfide) groups is 1. The van der Waals surface area contributed by atoms with Crippen LogP contribution in [0.15, 0.2) is 53.4 Å². The molecule has 118 valence electrons. The Morgan fingerprint density at radius 1 is 1.04 bits per heavy atom. The zero-order chi connectivity index (χ0) is 16.2. The van der Waals surface area contributed by atoms with Gasteiger partial charge in [-0.3, -0.25) is 0 Å². The highest BCUT2D eigenvalue weighted by Gasteiger charge is 2.13. The van der Waals surface area contributed by atoms with Crippen molar-refractivity contribution in [1.29, 1.82) is 0 Å². The van der Waals surface area contributed by atoms with Gasteiger partial charge in [-0.2, -0.15) is 0 Å². The molecule has 0 bridgehead atoms. The number of benzene rings is 2. The molecule has 1 heterocycles. The fourth-order valence-corrected chi connectivity index (χ4v) is 3.70. The van der Waals surface area contributed by atoms with Crippen LogP contribution in [0.2, 0.25) is 0 Å². The van der Waals surface area contributed by atoms with Crippen molar-refractivity contribution in [2.45, 2.75) is 11.3 Å². The first kappa shape index (κ1) is 16.1. The molecule has 3 nitrogen and oxygen atoms in total. The van der Waals surface area contributed by atoms with Crippen molar-refractivity contribution in [3.8, 4) is 21.7 Å². The number of nitrogens with zero attached hydrogens (tertiary/aromatic N) is 1. The van der Waals surface area contributed by atoms with Crippen molar-refractivity contribution < 1.29 is 5.11 Å². The first-order chi connectivity index (χ1) is 11.2. The molecule has 0 saturated carbocycles. The number of hydrogen-bond acceptors (Lipinski definition) is 5. The Morgan fingerprint density at radius 3 is 2.30 bits per heavy atom. The summed E-state index contributed by atoms with van der Waals surface area (Å²) >= 11 is 3.24. The van der Waals surface area contributed by atoms with E-state index in [1.807, 2.05) is 24.3 Å². The van der Waals surface area contributed by atoms with Gasteiger partial charge in [0.05, 0.1) is 10.6 Å². The molecule has 0 radical (unpaired) electrons. The molecule has 0 aliphatic carbocycles. The van der Waals surface area contributed by atoms with Gasteiger partial charge in [0, 0.05) is 17.1 Å². The zero-order valence-corrected chi connectivity index (χ0v) is 14.5. The van der Waals surface area contributed by atoms with Crippen LogP contribution in [-0.2, 0) is 6.42 Å². The van der Waals surface area contributed by atoms with Gasteiger partial charge in [0.1, 0.15) is 0 Å². The molecule has 0 atom stereocenters. The number of anilines is 1. The zero-order valence-electron chi connectivity index (χ0n) is 12.8. The van der Waals surface area contributed by atoms with Gasteiger partial charge in [0.25, 0.3) is 0 Å². The summed E-state index contributed by atoms with van der Waals surface area (Å²) < 4.78 is 0. The molecule has 5 heteroatoms. The minimum Gasteiger partial charge on any atom is -0.396 e. The molecule has 0 spiro atoms. The normalized spacial score (nSPS) is 10.9. The van der Waals surface area contributed by atoms with E-state index >= 15 is 0 Å². The van der Waals surface area contributed by atoms with Crippen LogP contribution in [0.3, 0.4) is 0 Å². The summed E-state index contributed by atoms with van der Waals surface area (Å²) in [5.41, 5.74) is 10.2. The molecule has 0 fully saturated rings. The lowest BCUT2D eigenvalue weighted by Crippen LogP contribution is -1.90. The number of aliphatic hydroxyl groups is 1. The summed E-state index contributed by atoms with van der Waals surface area (Å²) in [6.45, 7) is 0.163. The number of rotatable bonds is 5. The maximum absolute atomic E-state index is 9.02. The van der Waals surface area contributed by atoms with E-state index < -0.39 is 0 Å². The smallest absolute Gasteiger partial charge is 0.181 e. The lowest BCUT2D eigenvalue weighted by atomic mass is 10.0. The largest absolute Gasteiger partial charge is 0.396 e. The number of hydrogen-bond donors (Lipinski definition) is 2. The van der Waals surface area contributed by atoms with Crippen LogP contribution >= 0.6 is 23.1 Å². The maximum atomic E-state index is 9.02. The molecule has 0 aliphatic heterocycles. The summed E-state index contributed by atoms with van der Waals surface area (Å²) in [5.74, 6) is 0. The van der Waals surface area contributed by atoms with Gasteiger partial charge < -0.3 is 10.8 Å². The van der Waals surface area contributed by atoms with Gasteiger partial charge in [-0.15, -0.1) is 11.8 Å². The summed E-state index contributed by atoms with van der Waals surface area (Å²) in [5, 5.41) is 9.59. The van der Waals surface area contributed by atoms with E-state index in [0.29, 0.717) is 11.6 Å². The molecule has 2 aromatic carbocycles. The molecular weight excluding hydrogens is 324 g/mol. The average molecular weight is 342 g/mol. The molecule has 0 aliphatic rings. The molecule has 3 N–H and O–H groups in total. The topological polar surface area (TPSA) is 59.1 Å². The van der Waals surface area contributed by atoms with Gasteiger partial charge in [-0.25, -0.2) is 4.98 Å². The SMILES string of the molecule is CSc1ccc(-c2sc(N)nc2-c2ccc(CCO)cc2)cc1. The fraction of sp³-hybridized carbons (Fsp3) is 0.167. The van der Waals surface area contributed by atoms with E-state index in [0.717, 1.165) is 27.3 Å². The van der Waals surface area contributed by atoms with Crippen LogP contribution in [0.25, 0.3) is 21.7 Å². The third kappa shape index (κ3) is 3.58. The number of nitrogen functional groups attached to an aromatic ring is 1. The fourth-order valence-electron chi connectivity index (χ4n) is 2.43. The predicted octanol–water partition coefficient (Wildman–Crippen LogP) is 4.32. The van der Waals surface area contributed by atoms with Crippen molar-refractivity contribution in [2.24, 2.45) is 0 Å². The second-order valence-electron chi connectivity index (χ2n) is 5.13. The van der Waals surface area contributed by atoms with Gasteiger partial charge in [-0.1, -0.05) is 47.7 Å². The van der Waals surface area contributed by atoms with Crippen molar-refractivity contribution in [2.75, 3.05) is 18.6 Å². The molecule has 0 saturated heterocycles. The third-order valence-electron chi connectivity index (χ3n) is 3.62. The van der Waals surface area contributed by atoms with E-state index in [-0.39, 0.29) is 6.61 Å². The van der Waals surface area contributed by atoms with E-state index in [2.05, 4.69) is 35.5 Å². The standard InChI is InChI=1S/C18H18N2OS2/c1-22-15-8-6-14(7-9-15)17-16(20-18(19)23-17)13-4-2-12(3-5-13)10-11-21/h2-9,21H,10-11H2,1H3,(H2,19,20). The molecule has 1 aromatic heterocycles. The Bertz CT molecular complexity index is 780. The highest BCUT2D eigenvalue weighted by Crippen LogP contribution is 2.38. The highest BCUT2D eigenvalue weighted by atomic mass is 32.2. The van der Waals surface area contributed by atoms with Crippen molar-refractivity contribution >= 4 is 28.2 Å². The second kappa shape index (κ2) is 7.17. The summed E-state index contributed by atoms with van der Waals surface area (Å²) in [6, 6.07) is 16.6. The van der Waals surface area contributed by atoms with Crippen LogP contribution in [0.4, 0.5) is 5.13 Å². The Balaban J connectivity index is 1.99. The number of thiazole rings is 1. The van der Waals surface area contributed by atoms with Gasteiger partial charge in [-0.05, 0) is 35.9 Å². The monoisotopic (exact) mass is 342 g/mol. The molecule has 23 heavy (non-hydrogen) atoms. The molecule has 3 aromatic rings. The van der Waals surface area contributed by atoms with E-state index in [1.54, 1.807) is 11.8 Å². The molecular formula is C18H18N2OS2. The molecule has 3 rings (SSSR count). The highest BCUT2D eigenvalue weighted by molar-refractivity contribution is 7.98. The quantitative estimate of drug-likeness (QED) is 0.678. The minimum atomic E-state index is 0.163. The van der Waals surface area contributed by atoms with Gasteiger partial charge in [0.15, 0.2) is 5.13 Å². The molecule has 0 unspecified atom stereocenters. The third-order valence-corrected chi connectivity index (χ3v) is 5.30. The summed E-state index contributed by atoms with van der Waals surface area (Å²) in [7, 11) is 0. The van der Waals surface area contributed by atoms with Crippen LogP contribution in [0.5, 0.6) is 0 Å². The number of aliphatic hydroxyl groups excluding tert-OH is 1. The van der Waals surface area contributed by atoms with E-state index in [4.69, 9.17) is 10.8 Å². The first-order valence-electron chi connectivity index (χ1n) is 7.32. The number of aromatic nitrogens is 1. The lowest BCUT2D eigenvalue weighted by Gasteiger charge is -2.05. The molecule has 0 amide bonds. The van der Waals surface area contributed by atoms with E-state index in [1.165, 1.54) is 16.2 Å². The Kier molecular flexibility index (Phi) is 5.00. The van der Waals surface area contributed by atoms with Crippen molar-refractivity contribution in [3.05, 3.63) is 54.1 Å². The Hall–Kier alpha value is -1.82. The van der Waals surface area contributed by atoms with Crippen LogP contribution < -0.4 is 5.73 Å². The average Bonchev–Trinajstić information content (AvgIpc) is 2.98. The van der Waals surface area contributed by atoms with Crippen molar-refractivity contribution in [3.63, 3.8) is 0 Å². The van der Waals surface area contributed by atoms with Crippen LogP contribution in [0, 0.1) is 0 Å². The maximum Gasteiger partial charge on any atom is 0.181 e. The van der Waals surface area contributed by atoms with Gasteiger partial charge in [0.2, 0.25) is 0 Å². The van der Waals surface area contributed by atoms with Gasteiger partial charge >= 0.3 is 0 Å².